The van der Waals surface area contributed by atoms with Gasteiger partial charge in [-0.15, -0.1) is 0 Å². The summed E-state index contributed by atoms with van der Waals surface area (Å²) >= 11 is 0. The summed E-state index contributed by atoms with van der Waals surface area (Å²) in [6.07, 6.45) is 8.06. The van der Waals surface area contributed by atoms with Gasteiger partial charge in [0.15, 0.2) is 5.76 Å². The van der Waals surface area contributed by atoms with Crippen LogP contribution in [0.1, 0.15) is 50.0 Å². The number of hydrogen-bond acceptors (Lipinski definition) is 4. The third-order valence-corrected chi connectivity index (χ3v) is 4.54. The van der Waals surface area contributed by atoms with Gasteiger partial charge in [0.1, 0.15) is 0 Å². The minimum atomic E-state index is 0.365. The van der Waals surface area contributed by atoms with Gasteiger partial charge in [0.25, 0.3) is 0 Å². The van der Waals surface area contributed by atoms with Gasteiger partial charge in [0.05, 0.1) is 12.2 Å². The first kappa shape index (κ1) is 13.1. The molecular formula is C15H25N3O. The lowest BCUT2D eigenvalue weighted by Crippen LogP contribution is -2.52. The molecular weight excluding hydrogens is 238 g/mol. The van der Waals surface area contributed by atoms with Crippen molar-refractivity contribution in [2.24, 2.45) is 0 Å². The quantitative estimate of drug-likeness (QED) is 0.890. The molecule has 1 aromatic rings. The minimum Gasteiger partial charge on any atom is -0.360 e. The zero-order valence-electron chi connectivity index (χ0n) is 12.0. The Labute approximate surface area is 115 Å². The lowest BCUT2D eigenvalue weighted by Gasteiger charge is -2.39. The van der Waals surface area contributed by atoms with E-state index in [2.05, 4.69) is 21.4 Å². The smallest absolute Gasteiger partial charge is 0.150 e. The highest BCUT2D eigenvalue weighted by molar-refractivity contribution is 5.04. The topological polar surface area (TPSA) is 41.3 Å². The lowest BCUT2D eigenvalue weighted by molar-refractivity contribution is 0.149. The molecule has 106 valence electrons. The van der Waals surface area contributed by atoms with Gasteiger partial charge in [-0.25, -0.2) is 0 Å². The van der Waals surface area contributed by atoms with Gasteiger partial charge in [-0.3, -0.25) is 4.90 Å². The highest BCUT2D eigenvalue weighted by Gasteiger charge is 2.34. The molecule has 3 rings (SSSR count). The van der Waals surface area contributed by atoms with Crippen molar-refractivity contribution in [2.75, 3.05) is 19.6 Å². The van der Waals surface area contributed by atoms with Crippen LogP contribution < -0.4 is 5.32 Å². The van der Waals surface area contributed by atoms with Crippen LogP contribution in [0.4, 0.5) is 0 Å². The van der Waals surface area contributed by atoms with E-state index >= 15 is 0 Å². The number of aromatic nitrogens is 1. The highest BCUT2D eigenvalue weighted by atomic mass is 16.5. The molecule has 0 bridgehead atoms. The van der Waals surface area contributed by atoms with Crippen molar-refractivity contribution in [1.82, 2.24) is 15.4 Å². The van der Waals surface area contributed by atoms with Crippen molar-refractivity contribution in [3.8, 4) is 0 Å². The van der Waals surface area contributed by atoms with Gasteiger partial charge in [-0.2, -0.15) is 0 Å². The van der Waals surface area contributed by atoms with Crippen molar-refractivity contribution in [1.29, 1.82) is 0 Å². The van der Waals surface area contributed by atoms with E-state index < -0.39 is 0 Å². The molecule has 2 aliphatic rings. The third kappa shape index (κ3) is 3.18. The molecule has 2 heterocycles. The van der Waals surface area contributed by atoms with E-state index in [-0.39, 0.29) is 0 Å². The molecule has 0 aromatic carbocycles. The molecule has 1 aliphatic carbocycles. The van der Waals surface area contributed by atoms with Crippen LogP contribution in [0.5, 0.6) is 0 Å². The van der Waals surface area contributed by atoms with Crippen LogP contribution in [-0.2, 0) is 6.54 Å². The summed E-state index contributed by atoms with van der Waals surface area (Å²) in [5, 5.41) is 7.82. The van der Waals surface area contributed by atoms with Gasteiger partial charge >= 0.3 is 0 Å². The SMILES string of the molecule is Cc1cc(CN2CCCNC3(CCCCC3)C2)on1. The number of aryl methyl sites for hydroxylation is 1. The molecule has 0 atom stereocenters. The first-order valence-electron chi connectivity index (χ1n) is 7.65. The summed E-state index contributed by atoms with van der Waals surface area (Å²) in [4.78, 5) is 2.55. The first-order valence-corrected chi connectivity index (χ1v) is 7.65. The summed E-state index contributed by atoms with van der Waals surface area (Å²) in [5.41, 5.74) is 1.35. The van der Waals surface area contributed by atoms with E-state index in [9.17, 15) is 0 Å². The normalized spacial score (nSPS) is 24.5. The van der Waals surface area contributed by atoms with Crippen LogP contribution in [0.25, 0.3) is 0 Å². The average Bonchev–Trinajstić information content (AvgIpc) is 2.71. The molecule has 1 saturated carbocycles. The molecule has 1 aromatic heterocycles. The molecule has 1 spiro atoms. The molecule has 19 heavy (non-hydrogen) atoms. The lowest BCUT2D eigenvalue weighted by atomic mass is 9.81. The number of hydrogen-bond donors (Lipinski definition) is 1. The summed E-state index contributed by atoms with van der Waals surface area (Å²) in [6.45, 7) is 6.37. The molecule has 2 fully saturated rings. The van der Waals surface area contributed by atoms with E-state index in [1.54, 1.807) is 0 Å². The Bertz CT molecular complexity index is 409. The third-order valence-electron chi connectivity index (χ3n) is 4.54. The summed E-state index contributed by atoms with van der Waals surface area (Å²) in [7, 11) is 0. The van der Waals surface area contributed by atoms with Crippen LogP contribution in [0.3, 0.4) is 0 Å². The standard InChI is InChI=1S/C15H25N3O/c1-13-10-14(19-17-13)11-18-9-5-8-16-15(12-18)6-3-2-4-7-15/h10,16H,2-9,11-12H2,1H3. The molecule has 1 saturated heterocycles. The van der Waals surface area contributed by atoms with Crippen molar-refractivity contribution < 1.29 is 4.52 Å². The fourth-order valence-corrected chi connectivity index (χ4v) is 3.63. The largest absolute Gasteiger partial charge is 0.360 e. The Morgan fingerprint density at radius 2 is 2.16 bits per heavy atom. The fraction of sp³-hybridized carbons (Fsp3) is 0.800. The molecule has 4 heteroatoms. The zero-order chi connectivity index (χ0) is 13.1. The Hall–Kier alpha value is -0.870. The molecule has 0 amide bonds. The Morgan fingerprint density at radius 3 is 2.89 bits per heavy atom. The maximum atomic E-state index is 5.37. The fourth-order valence-electron chi connectivity index (χ4n) is 3.63. The van der Waals surface area contributed by atoms with Crippen LogP contribution in [0.15, 0.2) is 10.6 Å². The van der Waals surface area contributed by atoms with Crippen LogP contribution in [0, 0.1) is 6.92 Å². The summed E-state index contributed by atoms with van der Waals surface area (Å²) in [6, 6.07) is 2.06. The molecule has 0 unspecified atom stereocenters. The van der Waals surface area contributed by atoms with E-state index in [1.165, 1.54) is 38.5 Å². The maximum Gasteiger partial charge on any atom is 0.150 e. The first-order chi connectivity index (χ1) is 9.26. The van der Waals surface area contributed by atoms with Crippen LogP contribution in [-0.4, -0.2) is 35.2 Å². The second-order valence-electron chi connectivity index (χ2n) is 6.27. The number of nitrogens with one attached hydrogen (secondary N) is 1. The highest BCUT2D eigenvalue weighted by Crippen LogP contribution is 2.30. The predicted octanol–water partition coefficient (Wildman–Crippen LogP) is 2.48. The monoisotopic (exact) mass is 263 g/mol. The molecule has 0 radical (unpaired) electrons. The number of rotatable bonds is 2. The van der Waals surface area contributed by atoms with Crippen molar-refractivity contribution in [2.45, 2.75) is 57.5 Å². The minimum absolute atomic E-state index is 0.365. The van der Waals surface area contributed by atoms with Crippen molar-refractivity contribution in [3.05, 3.63) is 17.5 Å². The Balaban J connectivity index is 1.67. The second kappa shape index (κ2) is 5.63. The van der Waals surface area contributed by atoms with E-state index in [0.29, 0.717) is 5.54 Å². The zero-order valence-corrected chi connectivity index (χ0v) is 12.0. The van der Waals surface area contributed by atoms with Crippen molar-refractivity contribution in [3.63, 3.8) is 0 Å². The van der Waals surface area contributed by atoms with Gasteiger partial charge < -0.3 is 9.84 Å². The number of nitrogens with zero attached hydrogens (tertiary/aromatic N) is 2. The molecule has 1 aliphatic heterocycles. The Kier molecular flexibility index (Phi) is 3.89. The van der Waals surface area contributed by atoms with E-state index in [1.807, 2.05) is 6.92 Å². The van der Waals surface area contributed by atoms with Gasteiger partial charge in [0.2, 0.25) is 0 Å². The maximum absolute atomic E-state index is 5.37. The van der Waals surface area contributed by atoms with Gasteiger partial charge in [-0.05, 0) is 39.3 Å². The predicted molar refractivity (Wildman–Crippen MR) is 75.0 cm³/mol. The average molecular weight is 263 g/mol. The molecule has 4 nitrogen and oxygen atoms in total. The van der Waals surface area contributed by atoms with Crippen LogP contribution >= 0.6 is 0 Å². The van der Waals surface area contributed by atoms with Crippen molar-refractivity contribution >= 4 is 0 Å². The summed E-state index contributed by atoms with van der Waals surface area (Å²) < 4.78 is 5.37. The van der Waals surface area contributed by atoms with E-state index in [4.69, 9.17) is 4.52 Å². The molecule has 1 N–H and O–H groups in total. The van der Waals surface area contributed by atoms with Crippen LogP contribution in [0.2, 0.25) is 0 Å². The van der Waals surface area contributed by atoms with Gasteiger partial charge in [0, 0.05) is 18.2 Å². The second-order valence-corrected chi connectivity index (χ2v) is 6.27. The Morgan fingerprint density at radius 1 is 1.32 bits per heavy atom. The van der Waals surface area contributed by atoms with E-state index in [0.717, 1.165) is 37.6 Å². The van der Waals surface area contributed by atoms with Gasteiger partial charge in [-0.1, -0.05) is 24.4 Å². The summed E-state index contributed by atoms with van der Waals surface area (Å²) in [5.74, 6) is 1.00.